The molecular weight excluding hydrogens is 456 g/mol. The second-order valence-electron chi connectivity index (χ2n) is 7.29. The Balaban J connectivity index is 2.03. The molecule has 1 aromatic heterocycles. The molecule has 5 nitrogen and oxygen atoms in total. The van der Waals surface area contributed by atoms with Gasteiger partial charge in [-0.2, -0.15) is 0 Å². The molecule has 2 N–H and O–H groups in total. The van der Waals surface area contributed by atoms with Crippen molar-refractivity contribution in [1.29, 1.82) is 0 Å². The highest BCUT2D eigenvalue weighted by Gasteiger charge is 2.21. The van der Waals surface area contributed by atoms with Crippen LogP contribution in [-0.4, -0.2) is 16.3 Å². The Morgan fingerprint density at radius 2 is 1.61 bits per heavy atom. The summed E-state index contributed by atoms with van der Waals surface area (Å²) < 4.78 is 2.34. The molecule has 31 heavy (non-hydrogen) atoms. The number of halogens is 1. The van der Waals surface area contributed by atoms with Crippen molar-refractivity contribution in [2.75, 3.05) is 0 Å². The smallest absolute Gasteiger partial charge is 0.259 e. The third-order valence-electron chi connectivity index (χ3n) is 5.21. The number of carbonyl (C=O) groups is 2. The topological polar surface area (TPSA) is 82.2 Å². The van der Waals surface area contributed by atoms with Crippen molar-refractivity contribution in [3.05, 3.63) is 104 Å². The summed E-state index contributed by atoms with van der Waals surface area (Å²) >= 11 is 3.48. The molecule has 0 saturated carbocycles. The maximum Gasteiger partial charge on any atom is 0.259 e. The molecule has 0 radical (unpaired) electrons. The van der Waals surface area contributed by atoms with Gasteiger partial charge in [0.15, 0.2) is 5.78 Å². The van der Waals surface area contributed by atoms with Crippen LogP contribution in [0.2, 0.25) is 0 Å². The van der Waals surface area contributed by atoms with E-state index in [9.17, 15) is 14.4 Å². The number of pyridine rings is 1. The highest BCUT2D eigenvalue weighted by molar-refractivity contribution is 9.10. The first-order valence-corrected chi connectivity index (χ1v) is 10.5. The zero-order valence-corrected chi connectivity index (χ0v) is 18.3. The van der Waals surface area contributed by atoms with E-state index < -0.39 is 5.91 Å². The van der Waals surface area contributed by atoms with E-state index in [1.165, 1.54) is 11.5 Å². The number of rotatable bonds is 5. The molecule has 0 bridgehead atoms. The predicted octanol–water partition coefficient (Wildman–Crippen LogP) is 4.78. The van der Waals surface area contributed by atoms with Crippen LogP contribution in [0, 0.1) is 0 Å². The molecule has 6 heteroatoms. The van der Waals surface area contributed by atoms with Crippen molar-refractivity contribution >= 4 is 38.4 Å². The van der Waals surface area contributed by atoms with Gasteiger partial charge in [0.1, 0.15) is 0 Å². The standard InChI is InChI=1S/C25H19BrN2O3/c1-15(29)23-22(17-5-3-2-4-6-17)21-13-19(26)11-12-20(21)25(31)28(23)14-16-7-9-18(10-8-16)24(27)30/h2-13H,14H2,1H3,(H2,27,30). The monoisotopic (exact) mass is 474 g/mol. The Morgan fingerprint density at radius 1 is 0.935 bits per heavy atom. The van der Waals surface area contributed by atoms with Crippen LogP contribution in [-0.2, 0) is 6.54 Å². The van der Waals surface area contributed by atoms with Crippen molar-refractivity contribution in [2.45, 2.75) is 13.5 Å². The molecule has 0 saturated heterocycles. The Morgan fingerprint density at radius 3 is 2.23 bits per heavy atom. The summed E-state index contributed by atoms with van der Waals surface area (Å²) in [6.45, 7) is 1.66. The Hall–Kier alpha value is -3.51. The largest absolute Gasteiger partial charge is 0.366 e. The van der Waals surface area contributed by atoms with Gasteiger partial charge in [0.2, 0.25) is 5.91 Å². The summed E-state index contributed by atoms with van der Waals surface area (Å²) in [6.07, 6.45) is 0. The minimum absolute atomic E-state index is 0.193. The molecule has 0 aliphatic carbocycles. The van der Waals surface area contributed by atoms with Crippen LogP contribution < -0.4 is 11.3 Å². The average molecular weight is 475 g/mol. The second kappa shape index (κ2) is 8.32. The van der Waals surface area contributed by atoms with Crippen LogP contribution >= 0.6 is 15.9 Å². The van der Waals surface area contributed by atoms with E-state index in [2.05, 4.69) is 15.9 Å². The number of Topliss-reactive ketones (excluding diaryl/α,β-unsaturated/α-hetero) is 1. The summed E-state index contributed by atoms with van der Waals surface area (Å²) in [5.74, 6) is -0.720. The average Bonchev–Trinajstić information content (AvgIpc) is 2.76. The SMILES string of the molecule is CC(=O)c1c(-c2ccccc2)c2cc(Br)ccc2c(=O)n1Cc1ccc(C(N)=O)cc1. The zero-order chi connectivity index (χ0) is 22.1. The van der Waals surface area contributed by atoms with E-state index in [0.29, 0.717) is 16.6 Å². The van der Waals surface area contributed by atoms with Crippen LogP contribution in [0.15, 0.2) is 82.1 Å². The molecule has 0 fully saturated rings. The minimum atomic E-state index is -0.518. The molecule has 4 rings (SSSR count). The Bertz CT molecular complexity index is 1370. The number of ketones is 1. The quantitative estimate of drug-likeness (QED) is 0.422. The molecular formula is C25H19BrN2O3. The maximum atomic E-state index is 13.4. The lowest BCUT2D eigenvalue weighted by Gasteiger charge is -2.19. The summed E-state index contributed by atoms with van der Waals surface area (Å²) in [4.78, 5) is 37.7. The number of aromatic nitrogens is 1. The van der Waals surface area contributed by atoms with Gasteiger partial charge < -0.3 is 5.73 Å². The molecule has 0 atom stereocenters. The van der Waals surface area contributed by atoms with E-state index in [1.807, 2.05) is 42.5 Å². The fourth-order valence-corrected chi connectivity index (χ4v) is 4.15. The van der Waals surface area contributed by atoms with Gasteiger partial charge in [-0.15, -0.1) is 0 Å². The third kappa shape index (κ3) is 3.94. The Kier molecular flexibility index (Phi) is 5.57. The van der Waals surface area contributed by atoms with Gasteiger partial charge in [-0.3, -0.25) is 19.0 Å². The highest BCUT2D eigenvalue weighted by Crippen LogP contribution is 2.33. The molecule has 1 heterocycles. The van der Waals surface area contributed by atoms with Gasteiger partial charge in [-0.25, -0.2) is 0 Å². The fourth-order valence-electron chi connectivity index (χ4n) is 3.79. The van der Waals surface area contributed by atoms with Gasteiger partial charge in [0, 0.05) is 27.9 Å². The summed E-state index contributed by atoms with van der Waals surface area (Å²) in [6, 6.07) is 21.7. The number of nitrogens with zero attached hydrogens (tertiary/aromatic N) is 1. The van der Waals surface area contributed by atoms with E-state index >= 15 is 0 Å². The van der Waals surface area contributed by atoms with Crippen molar-refractivity contribution in [2.24, 2.45) is 5.73 Å². The molecule has 0 spiro atoms. The van der Waals surface area contributed by atoms with E-state index in [1.54, 1.807) is 30.3 Å². The molecule has 154 valence electrons. The number of nitrogens with two attached hydrogens (primary N) is 1. The number of benzene rings is 3. The lowest BCUT2D eigenvalue weighted by Crippen LogP contribution is -2.27. The summed E-state index contributed by atoms with van der Waals surface area (Å²) in [5.41, 5.74) is 8.17. The van der Waals surface area contributed by atoms with Gasteiger partial charge in [-0.05, 0) is 46.8 Å². The molecule has 4 aromatic rings. The van der Waals surface area contributed by atoms with Crippen molar-refractivity contribution in [1.82, 2.24) is 4.57 Å². The maximum absolute atomic E-state index is 13.4. The number of amides is 1. The number of fused-ring (bicyclic) bond motifs is 1. The van der Waals surface area contributed by atoms with Crippen molar-refractivity contribution in [3.63, 3.8) is 0 Å². The van der Waals surface area contributed by atoms with Crippen LogP contribution in [0.4, 0.5) is 0 Å². The molecule has 0 aliphatic rings. The number of carbonyl (C=O) groups excluding carboxylic acids is 2. The molecule has 0 aliphatic heterocycles. The first kappa shape index (κ1) is 20.8. The second-order valence-corrected chi connectivity index (χ2v) is 8.20. The van der Waals surface area contributed by atoms with Crippen LogP contribution in [0.25, 0.3) is 21.9 Å². The van der Waals surface area contributed by atoms with Crippen molar-refractivity contribution in [3.8, 4) is 11.1 Å². The minimum Gasteiger partial charge on any atom is -0.366 e. The molecule has 0 unspecified atom stereocenters. The predicted molar refractivity (Wildman–Crippen MR) is 125 cm³/mol. The van der Waals surface area contributed by atoms with E-state index in [-0.39, 0.29) is 17.9 Å². The van der Waals surface area contributed by atoms with E-state index in [0.717, 1.165) is 26.5 Å². The number of primary amides is 1. The van der Waals surface area contributed by atoms with Gasteiger partial charge in [0.05, 0.1) is 12.2 Å². The first-order valence-electron chi connectivity index (χ1n) is 9.68. The van der Waals surface area contributed by atoms with E-state index in [4.69, 9.17) is 5.73 Å². The normalized spacial score (nSPS) is 10.9. The lowest BCUT2D eigenvalue weighted by molar-refractivity contribution is 0.0994. The third-order valence-corrected chi connectivity index (χ3v) is 5.70. The fraction of sp³-hybridized carbons (Fsp3) is 0.0800. The zero-order valence-electron chi connectivity index (χ0n) is 16.8. The highest BCUT2D eigenvalue weighted by atomic mass is 79.9. The Labute approximate surface area is 187 Å². The van der Waals surface area contributed by atoms with Gasteiger partial charge in [-0.1, -0.05) is 58.4 Å². The van der Waals surface area contributed by atoms with Crippen LogP contribution in [0.5, 0.6) is 0 Å². The van der Waals surface area contributed by atoms with Crippen molar-refractivity contribution < 1.29 is 9.59 Å². The first-order chi connectivity index (χ1) is 14.9. The lowest BCUT2D eigenvalue weighted by atomic mass is 9.95. The van der Waals surface area contributed by atoms with Crippen LogP contribution in [0.3, 0.4) is 0 Å². The molecule has 3 aromatic carbocycles. The number of hydrogen-bond donors (Lipinski definition) is 1. The van der Waals surface area contributed by atoms with Gasteiger partial charge >= 0.3 is 0 Å². The van der Waals surface area contributed by atoms with Gasteiger partial charge in [0.25, 0.3) is 5.56 Å². The summed E-state index contributed by atoms with van der Waals surface area (Å²) in [7, 11) is 0. The number of hydrogen-bond acceptors (Lipinski definition) is 3. The molecule has 1 amide bonds. The van der Waals surface area contributed by atoms with Crippen LogP contribution in [0.1, 0.15) is 33.3 Å². The summed E-state index contributed by atoms with van der Waals surface area (Å²) in [5, 5.41) is 1.25.